The van der Waals surface area contributed by atoms with Crippen molar-refractivity contribution in [1.29, 1.82) is 0 Å². The number of benzene rings is 2. The Bertz CT molecular complexity index is 1130. The molecule has 0 aliphatic heterocycles. The molecule has 0 unspecified atom stereocenters. The van der Waals surface area contributed by atoms with E-state index in [-0.39, 0.29) is 22.0 Å². The Balaban J connectivity index is 1.78. The number of carboxylic acids is 1. The molecular weight excluding hydrogens is 442 g/mol. The van der Waals surface area contributed by atoms with E-state index in [1.165, 1.54) is 23.9 Å². The van der Waals surface area contributed by atoms with Crippen LogP contribution in [0.5, 0.6) is 11.6 Å². The van der Waals surface area contributed by atoms with Crippen LogP contribution in [0.2, 0.25) is 5.02 Å². The van der Waals surface area contributed by atoms with E-state index in [0.29, 0.717) is 11.3 Å². The third kappa shape index (κ3) is 6.54. The molecular formula is C25H26ClN3O4. The Hall–Kier alpha value is -3.42. The van der Waals surface area contributed by atoms with Gasteiger partial charge in [0.25, 0.3) is 5.91 Å². The van der Waals surface area contributed by atoms with Crippen molar-refractivity contribution in [3.05, 3.63) is 88.1 Å². The molecule has 8 heteroatoms. The lowest BCUT2D eigenvalue weighted by molar-refractivity contribution is 0.0693. The van der Waals surface area contributed by atoms with Gasteiger partial charge in [-0.25, -0.2) is 9.78 Å². The van der Waals surface area contributed by atoms with Gasteiger partial charge in [0, 0.05) is 12.7 Å². The molecule has 0 aliphatic rings. The molecule has 2 N–H and O–H groups in total. The summed E-state index contributed by atoms with van der Waals surface area (Å²) in [5.41, 5.74) is 1.94. The minimum atomic E-state index is -1.06. The number of nitrogens with one attached hydrogen (secondary N) is 1. The normalized spacial score (nSPS) is 11.8. The summed E-state index contributed by atoms with van der Waals surface area (Å²) in [5.74, 6) is -0.891. The monoisotopic (exact) mass is 467 g/mol. The molecule has 0 saturated carbocycles. The molecule has 0 bridgehead atoms. The van der Waals surface area contributed by atoms with Crippen LogP contribution >= 0.6 is 11.6 Å². The molecule has 1 amide bonds. The van der Waals surface area contributed by atoms with Crippen molar-refractivity contribution in [2.24, 2.45) is 0 Å². The minimum Gasteiger partial charge on any atom is -0.478 e. The number of pyridine rings is 1. The van der Waals surface area contributed by atoms with E-state index in [1.54, 1.807) is 25.1 Å². The Morgan fingerprint density at radius 3 is 2.48 bits per heavy atom. The molecule has 7 nitrogen and oxygen atoms in total. The third-order valence-corrected chi connectivity index (χ3v) is 5.26. The maximum absolute atomic E-state index is 13.0. The summed E-state index contributed by atoms with van der Waals surface area (Å²) < 4.78 is 5.88. The van der Waals surface area contributed by atoms with Crippen LogP contribution in [-0.4, -0.2) is 47.5 Å². The van der Waals surface area contributed by atoms with E-state index in [9.17, 15) is 14.7 Å². The molecule has 33 heavy (non-hydrogen) atoms. The predicted molar refractivity (Wildman–Crippen MR) is 127 cm³/mol. The highest BCUT2D eigenvalue weighted by atomic mass is 35.5. The van der Waals surface area contributed by atoms with Gasteiger partial charge >= 0.3 is 5.97 Å². The summed E-state index contributed by atoms with van der Waals surface area (Å²) in [6.45, 7) is 2.65. The van der Waals surface area contributed by atoms with Crippen molar-refractivity contribution < 1.29 is 19.4 Å². The first-order chi connectivity index (χ1) is 15.7. The van der Waals surface area contributed by atoms with E-state index in [0.717, 1.165) is 13.0 Å². The summed E-state index contributed by atoms with van der Waals surface area (Å²) in [6, 6.07) is 15.0. The third-order valence-electron chi connectivity index (χ3n) is 5.05. The summed E-state index contributed by atoms with van der Waals surface area (Å²) in [5, 5.41) is 12.5. The number of rotatable bonds is 9. The predicted octanol–water partition coefficient (Wildman–Crippen LogP) is 4.82. The van der Waals surface area contributed by atoms with Gasteiger partial charge in [0.05, 0.1) is 16.6 Å². The van der Waals surface area contributed by atoms with Gasteiger partial charge < -0.3 is 20.1 Å². The average Bonchev–Trinajstić information content (AvgIpc) is 2.79. The molecule has 172 valence electrons. The number of ether oxygens (including phenoxy) is 1. The Morgan fingerprint density at radius 1 is 1.12 bits per heavy atom. The highest BCUT2D eigenvalue weighted by Gasteiger charge is 2.21. The van der Waals surface area contributed by atoms with Crippen molar-refractivity contribution in [3.8, 4) is 11.6 Å². The van der Waals surface area contributed by atoms with Crippen LogP contribution in [0.25, 0.3) is 0 Å². The Labute approximate surface area is 198 Å². The van der Waals surface area contributed by atoms with Gasteiger partial charge in [-0.2, -0.15) is 0 Å². The molecule has 1 heterocycles. The van der Waals surface area contributed by atoms with Crippen LogP contribution < -0.4 is 10.1 Å². The summed E-state index contributed by atoms with van der Waals surface area (Å²) in [4.78, 5) is 30.9. The SMILES string of the molecule is C[C@H](NC(=O)c1cc(Cl)cnc1Oc1ccc(CCN(C)C)cc1)c1ccccc1C(=O)O. The molecule has 1 aromatic heterocycles. The van der Waals surface area contributed by atoms with Crippen LogP contribution in [0, 0.1) is 0 Å². The second-order valence-electron chi connectivity index (χ2n) is 7.89. The zero-order chi connectivity index (χ0) is 24.0. The molecule has 0 aliphatic carbocycles. The molecule has 1 atom stereocenters. The maximum atomic E-state index is 13.0. The number of nitrogens with zero attached hydrogens (tertiary/aromatic N) is 2. The van der Waals surface area contributed by atoms with Gasteiger partial charge in [-0.05, 0) is 62.8 Å². The highest BCUT2D eigenvalue weighted by Crippen LogP contribution is 2.27. The lowest BCUT2D eigenvalue weighted by Gasteiger charge is -2.17. The van der Waals surface area contributed by atoms with E-state index in [1.807, 2.05) is 38.4 Å². The van der Waals surface area contributed by atoms with E-state index >= 15 is 0 Å². The van der Waals surface area contributed by atoms with Crippen LogP contribution in [0.3, 0.4) is 0 Å². The van der Waals surface area contributed by atoms with Crippen molar-refractivity contribution in [3.63, 3.8) is 0 Å². The number of carbonyl (C=O) groups excluding carboxylic acids is 1. The fourth-order valence-corrected chi connectivity index (χ4v) is 3.44. The number of carbonyl (C=O) groups is 2. The first-order valence-electron chi connectivity index (χ1n) is 10.4. The standard InChI is InChI=1S/C25H26ClN3O4/c1-16(20-6-4-5-7-21(20)25(31)32)28-23(30)22-14-18(26)15-27-24(22)33-19-10-8-17(9-11-19)12-13-29(2)3/h4-11,14-16H,12-13H2,1-3H3,(H,28,30)(H,31,32)/t16-/m0/s1. The summed E-state index contributed by atoms with van der Waals surface area (Å²) >= 11 is 6.09. The molecule has 0 saturated heterocycles. The van der Waals surface area contributed by atoms with Gasteiger partial charge in [-0.15, -0.1) is 0 Å². The molecule has 0 spiro atoms. The molecule has 3 rings (SSSR count). The van der Waals surface area contributed by atoms with E-state index < -0.39 is 17.9 Å². The zero-order valence-electron chi connectivity index (χ0n) is 18.7. The van der Waals surface area contributed by atoms with Crippen molar-refractivity contribution >= 4 is 23.5 Å². The lowest BCUT2D eigenvalue weighted by atomic mass is 10.0. The zero-order valence-corrected chi connectivity index (χ0v) is 19.5. The first-order valence-corrected chi connectivity index (χ1v) is 10.8. The number of amides is 1. The molecule has 0 radical (unpaired) electrons. The number of hydrogen-bond donors (Lipinski definition) is 2. The van der Waals surface area contributed by atoms with Crippen LogP contribution in [0.1, 0.15) is 44.8 Å². The summed E-state index contributed by atoms with van der Waals surface area (Å²) in [7, 11) is 4.05. The van der Waals surface area contributed by atoms with E-state index in [4.69, 9.17) is 16.3 Å². The smallest absolute Gasteiger partial charge is 0.336 e. The number of likely N-dealkylation sites (N-methyl/N-ethyl adjacent to an activating group) is 1. The van der Waals surface area contributed by atoms with Crippen LogP contribution in [0.15, 0.2) is 60.8 Å². The minimum absolute atomic E-state index is 0.108. The lowest BCUT2D eigenvalue weighted by Crippen LogP contribution is -2.28. The number of carboxylic acid groups (broad SMARTS) is 1. The number of halogens is 1. The van der Waals surface area contributed by atoms with Gasteiger partial charge in [0.2, 0.25) is 5.88 Å². The molecule has 2 aromatic carbocycles. The highest BCUT2D eigenvalue weighted by molar-refractivity contribution is 6.30. The summed E-state index contributed by atoms with van der Waals surface area (Å²) in [6.07, 6.45) is 2.32. The first kappa shape index (κ1) is 24.2. The number of aromatic nitrogens is 1. The van der Waals surface area contributed by atoms with E-state index in [2.05, 4.69) is 15.2 Å². The fraction of sp³-hybridized carbons (Fsp3) is 0.240. The topological polar surface area (TPSA) is 91.8 Å². The van der Waals surface area contributed by atoms with Crippen LogP contribution in [-0.2, 0) is 6.42 Å². The van der Waals surface area contributed by atoms with Crippen molar-refractivity contribution in [1.82, 2.24) is 15.2 Å². The quantitative estimate of drug-likeness (QED) is 0.468. The molecule has 0 fully saturated rings. The van der Waals surface area contributed by atoms with Gasteiger partial charge in [0.1, 0.15) is 11.3 Å². The average molecular weight is 468 g/mol. The van der Waals surface area contributed by atoms with Gasteiger partial charge in [-0.1, -0.05) is 41.9 Å². The van der Waals surface area contributed by atoms with Gasteiger partial charge in [-0.3, -0.25) is 4.79 Å². The number of aromatic carboxylic acids is 1. The second-order valence-corrected chi connectivity index (χ2v) is 8.33. The second kappa shape index (κ2) is 10.9. The number of hydrogen-bond acceptors (Lipinski definition) is 5. The van der Waals surface area contributed by atoms with Crippen molar-refractivity contribution in [2.45, 2.75) is 19.4 Å². The fourth-order valence-electron chi connectivity index (χ4n) is 3.28. The van der Waals surface area contributed by atoms with Crippen molar-refractivity contribution in [2.75, 3.05) is 20.6 Å². The molecule has 3 aromatic rings. The van der Waals surface area contributed by atoms with Gasteiger partial charge in [0.15, 0.2) is 0 Å². The Morgan fingerprint density at radius 2 is 1.82 bits per heavy atom. The Kier molecular flexibility index (Phi) is 8.03. The largest absolute Gasteiger partial charge is 0.478 e. The maximum Gasteiger partial charge on any atom is 0.336 e. The van der Waals surface area contributed by atoms with Crippen LogP contribution in [0.4, 0.5) is 0 Å².